The lowest BCUT2D eigenvalue weighted by Gasteiger charge is -2.36. The van der Waals surface area contributed by atoms with Crippen molar-refractivity contribution in [3.8, 4) is 0 Å². The summed E-state index contributed by atoms with van der Waals surface area (Å²) < 4.78 is 0. The summed E-state index contributed by atoms with van der Waals surface area (Å²) in [6.45, 7) is 6.91. The lowest BCUT2D eigenvalue weighted by Crippen LogP contribution is -2.47. The zero-order valence-electron chi connectivity index (χ0n) is 14.6. The van der Waals surface area contributed by atoms with Crippen molar-refractivity contribution in [2.75, 3.05) is 42.9 Å². The van der Waals surface area contributed by atoms with Crippen LogP contribution in [0.2, 0.25) is 0 Å². The van der Waals surface area contributed by atoms with Gasteiger partial charge in [-0.1, -0.05) is 35.9 Å². The van der Waals surface area contributed by atoms with E-state index in [-0.39, 0.29) is 18.3 Å². The predicted molar refractivity (Wildman–Crippen MR) is 107 cm³/mol. The average molecular weight is 360 g/mol. The number of carbonyl (C=O) groups is 1. The number of amides is 1. The van der Waals surface area contributed by atoms with Gasteiger partial charge in [0, 0.05) is 50.5 Å². The molecule has 1 amide bonds. The summed E-state index contributed by atoms with van der Waals surface area (Å²) in [5.74, 6) is 0.0874. The molecule has 0 atom stereocenters. The molecule has 1 fully saturated rings. The van der Waals surface area contributed by atoms with Crippen LogP contribution in [0, 0.1) is 6.92 Å². The number of nitrogens with zero attached hydrogens (tertiary/aromatic N) is 2. The first-order valence-electron chi connectivity index (χ1n) is 8.59. The molecule has 1 aliphatic heterocycles. The van der Waals surface area contributed by atoms with E-state index >= 15 is 0 Å². The van der Waals surface area contributed by atoms with Crippen molar-refractivity contribution in [3.63, 3.8) is 0 Å². The van der Waals surface area contributed by atoms with Gasteiger partial charge in [-0.25, -0.2) is 0 Å². The molecule has 0 aromatic heterocycles. The fourth-order valence-corrected chi connectivity index (χ4v) is 2.99. The Morgan fingerprint density at radius 3 is 2.24 bits per heavy atom. The van der Waals surface area contributed by atoms with Crippen LogP contribution < -0.4 is 10.2 Å². The molecule has 0 spiro atoms. The minimum absolute atomic E-state index is 0. The second-order valence-electron chi connectivity index (χ2n) is 6.33. The number of aryl methyl sites for hydroxylation is 1. The Balaban J connectivity index is 0.00000225. The summed E-state index contributed by atoms with van der Waals surface area (Å²) in [4.78, 5) is 16.9. The molecule has 0 aliphatic carbocycles. The topological polar surface area (TPSA) is 35.6 Å². The lowest BCUT2D eigenvalue weighted by atomic mass is 10.2. The van der Waals surface area contributed by atoms with Gasteiger partial charge in [0.05, 0.1) is 0 Å². The molecule has 1 N–H and O–H groups in total. The molecular formula is C20H26ClN3O. The molecule has 4 nitrogen and oxygen atoms in total. The fraction of sp³-hybridized carbons (Fsp3) is 0.350. The Kier molecular flexibility index (Phi) is 7.29. The van der Waals surface area contributed by atoms with E-state index in [0.717, 1.165) is 38.4 Å². The van der Waals surface area contributed by atoms with Gasteiger partial charge in [0.2, 0.25) is 5.91 Å². The third-order valence-corrected chi connectivity index (χ3v) is 4.48. The first-order valence-corrected chi connectivity index (χ1v) is 8.59. The van der Waals surface area contributed by atoms with Crippen molar-refractivity contribution < 1.29 is 4.79 Å². The van der Waals surface area contributed by atoms with Gasteiger partial charge in [-0.05, 0) is 31.2 Å². The fourth-order valence-electron chi connectivity index (χ4n) is 2.99. The number of rotatable bonds is 5. The number of benzene rings is 2. The molecule has 2 aromatic carbocycles. The maximum atomic E-state index is 12.1. The highest BCUT2D eigenvalue weighted by Gasteiger charge is 2.17. The first kappa shape index (κ1) is 19.3. The van der Waals surface area contributed by atoms with E-state index in [0.29, 0.717) is 6.42 Å². The largest absolute Gasteiger partial charge is 0.369 e. The van der Waals surface area contributed by atoms with Crippen LogP contribution in [0.5, 0.6) is 0 Å². The monoisotopic (exact) mass is 359 g/mol. The molecule has 1 saturated heterocycles. The molecule has 0 radical (unpaired) electrons. The summed E-state index contributed by atoms with van der Waals surface area (Å²) >= 11 is 0. The molecule has 5 heteroatoms. The number of nitrogens with one attached hydrogen (secondary N) is 1. The van der Waals surface area contributed by atoms with Crippen molar-refractivity contribution in [3.05, 3.63) is 60.2 Å². The Bertz CT molecular complexity index is 652. The van der Waals surface area contributed by atoms with Gasteiger partial charge in [0.15, 0.2) is 0 Å². The molecule has 2 aromatic rings. The van der Waals surface area contributed by atoms with E-state index in [1.807, 2.05) is 37.3 Å². The maximum Gasteiger partial charge on any atom is 0.225 e. The van der Waals surface area contributed by atoms with Crippen LogP contribution in [0.4, 0.5) is 11.4 Å². The van der Waals surface area contributed by atoms with Gasteiger partial charge >= 0.3 is 0 Å². The number of hydrogen-bond donors (Lipinski definition) is 1. The summed E-state index contributed by atoms with van der Waals surface area (Å²) in [5.41, 5.74) is 3.36. The van der Waals surface area contributed by atoms with Crippen LogP contribution in [-0.2, 0) is 4.79 Å². The summed E-state index contributed by atoms with van der Waals surface area (Å²) in [7, 11) is 0. The highest BCUT2D eigenvalue weighted by Crippen LogP contribution is 2.15. The summed E-state index contributed by atoms with van der Waals surface area (Å²) in [6, 6.07) is 18.4. The SMILES string of the molecule is Cc1ccc(NC(=O)CCN2CCN(c3ccccc3)CC2)cc1.Cl. The molecule has 25 heavy (non-hydrogen) atoms. The molecule has 1 heterocycles. The standard InChI is InChI=1S/C20H25N3O.ClH/c1-17-7-9-18(10-8-17)21-20(24)11-12-22-13-15-23(16-14-22)19-5-3-2-4-6-19;/h2-10H,11-16H2,1H3,(H,21,24);1H. The Hall–Kier alpha value is -2.04. The summed E-state index contributed by atoms with van der Waals surface area (Å²) in [6.07, 6.45) is 0.541. The first-order chi connectivity index (χ1) is 11.7. The molecule has 0 bridgehead atoms. The summed E-state index contributed by atoms with van der Waals surface area (Å²) in [5, 5.41) is 2.97. The normalized spacial score (nSPS) is 14.7. The van der Waals surface area contributed by atoms with Crippen LogP contribution in [0.25, 0.3) is 0 Å². The quantitative estimate of drug-likeness (QED) is 0.886. The Morgan fingerprint density at radius 1 is 0.960 bits per heavy atom. The van der Waals surface area contributed by atoms with Crippen LogP contribution in [0.3, 0.4) is 0 Å². The maximum absolute atomic E-state index is 12.1. The van der Waals surface area contributed by atoms with Crippen molar-refractivity contribution in [1.82, 2.24) is 4.90 Å². The molecule has 3 rings (SSSR count). The number of halogens is 1. The minimum atomic E-state index is 0. The second kappa shape index (κ2) is 9.44. The van der Waals surface area contributed by atoms with Crippen molar-refractivity contribution in [1.29, 1.82) is 0 Å². The average Bonchev–Trinajstić information content (AvgIpc) is 2.63. The number of piperazine rings is 1. The van der Waals surface area contributed by atoms with Gasteiger partial charge in [-0.2, -0.15) is 0 Å². The van der Waals surface area contributed by atoms with E-state index in [9.17, 15) is 4.79 Å². The van der Waals surface area contributed by atoms with Crippen molar-refractivity contribution in [2.45, 2.75) is 13.3 Å². The second-order valence-corrected chi connectivity index (χ2v) is 6.33. The highest BCUT2D eigenvalue weighted by atomic mass is 35.5. The predicted octanol–water partition coefficient (Wildman–Crippen LogP) is 3.57. The van der Waals surface area contributed by atoms with Crippen molar-refractivity contribution in [2.24, 2.45) is 0 Å². The van der Waals surface area contributed by atoms with Crippen molar-refractivity contribution >= 4 is 29.7 Å². The zero-order valence-corrected chi connectivity index (χ0v) is 15.5. The molecular weight excluding hydrogens is 334 g/mol. The Labute approximate surface area is 156 Å². The van der Waals surface area contributed by atoms with E-state index < -0.39 is 0 Å². The molecule has 0 unspecified atom stereocenters. The van der Waals surface area contributed by atoms with Crippen LogP contribution in [-0.4, -0.2) is 43.5 Å². The van der Waals surface area contributed by atoms with Crippen LogP contribution >= 0.6 is 12.4 Å². The van der Waals surface area contributed by atoms with Crippen LogP contribution in [0.1, 0.15) is 12.0 Å². The highest BCUT2D eigenvalue weighted by molar-refractivity contribution is 5.90. The Morgan fingerprint density at radius 2 is 1.60 bits per heavy atom. The van der Waals surface area contributed by atoms with Gasteiger partial charge in [0.1, 0.15) is 0 Å². The molecule has 134 valence electrons. The molecule has 0 saturated carbocycles. The van der Waals surface area contributed by atoms with E-state index in [1.54, 1.807) is 0 Å². The number of para-hydroxylation sites is 1. The minimum Gasteiger partial charge on any atom is -0.369 e. The number of carbonyl (C=O) groups excluding carboxylic acids is 1. The third kappa shape index (κ3) is 5.76. The number of anilines is 2. The zero-order chi connectivity index (χ0) is 16.8. The van der Waals surface area contributed by atoms with Crippen LogP contribution in [0.15, 0.2) is 54.6 Å². The van der Waals surface area contributed by atoms with E-state index in [1.165, 1.54) is 11.3 Å². The van der Waals surface area contributed by atoms with Gasteiger partial charge < -0.3 is 10.2 Å². The van der Waals surface area contributed by atoms with Gasteiger partial charge in [-0.15, -0.1) is 12.4 Å². The molecule has 1 aliphatic rings. The lowest BCUT2D eigenvalue weighted by molar-refractivity contribution is -0.116. The van der Waals surface area contributed by atoms with Gasteiger partial charge in [0.25, 0.3) is 0 Å². The van der Waals surface area contributed by atoms with E-state index in [4.69, 9.17) is 0 Å². The van der Waals surface area contributed by atoms with Gasteiger partial charge in [-0.3, -0.25) is 9.69 Å². The number of hydrogen-bond acceptors (Lipinski definition) is 3. The third-order valence-electron chi connectivity index (χ3n) is 4.48. The van der Waals surface area contributed by atoms with E-state index in [2.05, 4.69) is 39.4 Å². The smallest absolute Gasteiger partial charge is 0.225 e.